The number of nitrogens with zero attached hydrogens (tertiary/aromatic N) is 1. The first-order valence-corrected chi connectivity index (χ1v) is 10.4. The van der Waals surface area contributed by atoms with Crippen LogP contribution in [-0.4, -0.2) is 36.5 Å². The standard InChI is InChI=1S/C24H30N2O/c1-19(24(27)26-16-13-22-9-5-6-10-23(22)18-26)25-14-11-21(12-15-25)17-20-7-3-2-4-8-20/h2-10,19,21H,11-18H2,1H3/p+1/t19-/m1/s1. The molecule has 0 unspecified atom stereocenters. The molecule has 0 bridgehead atoms. The zero-order chi connectivity index (χ0) is 18.6. The van der Waals surface area contributed by atoms with Crippen LogP contribution in [0.1, 0.15) is 36.5 Å². The van der Waals surface area contributed by atoms with E-state index in [0.29, 0.717) is 5.91 Å². The van der Waals surface area contributed by atoms with E-state index in [9.17, 15) is 4.79 Å². The first kappa shape index (κ1) is 18.2. The van der Waals surface area contributed by atoms with Crippen molar-refractivity contribution in [2.75, 3.05) is 19.6 Å². The molecule has 3 heteroatoms. The molecule has 0 radical (unpaired) electrons. The number of likely N-dealkylation sites (tertiary alicyclic amines) is 1. The predicted octanol–water partition coefficient (Wildman–Crippen LogP) is 2.50. The van der Waals surface area contributed by atoms with E-state index in [1.165, 1.54) is 40.9 Å². The maximum Gasteiger partial charge on any atom is 0.280 e. The van der Waals surface area contributed by atoms with Gasteiger partial charge in [-0.3, -0.25) is 4.79 Å². The van der Waals surface area contributed by atoms with Crippen molar-refractivity contribution >= 4 is 5.91 Å². The fraction of sp³-hybridized carbons (Fsp3) is 0.458. The van der Waals surface area contributed by atoms with Crippen LogP contribution in [0.5, 0.6) is 0 Å². The fourth-order valence-electron chi connectivity index (χ4n) is 4.77. The highest BCUT2D eigenvalue weighted by Gasteiger charge is 2.33. The predicted molar refractivity (Wildman–Crippen MR) is 109 cm³/mol. The number of carbonyl (C=O) groups excluding carboxylic acids is 1. The summed E-state index contributed by atoms with van der Waals surface area (Å²) in [5.74, 6) is 1.10. The number of rotatable bonds is 4. The minimum absolute atomic E-state index is 0.0768. The van der Waals surface area contributed by atoms with Gasteiger partial charge in [0.05, 0.1) is 13.1 Å². The van der Waals surface area contributed by atoms with E-state index in [1.54, 1.807) is 0 Å². The first-order chi connectivity index (χ1) is 13.2. The molecule has 1 amide bonds. The highest BCUT2D eigenvalue weighted by atomic mass is 16.2. The highest BCUT2D eigenvalue weighted by molar-refractivity contribution is 5.80. The molecule has 2 aromatic carbocycles. The molecule has 2 aliphatic heterocycles. The van der Waals surface area contributed by atoms with Gasteiger partial charge >= 0.3 is 0 Å². The van der Waals surface area contributed by atoms with E-state index in [-0.39, 0.29) is 6.04 Å². The monoisotopic (exact) mass is 363 g/mol. The molecule has 1 saturated heterocycles. The number of quaternary nitrogens is 1. The van der Waals surface area contributed by atoms with E-state index < -0.39 is 0 Å². The van der Waals surface area contributed by atoms with Crippen LogP contribution >= 0.6 is 0 Å². The SMILES string of the molecule is C[C@H](C(=O)N1CCc2ccccc2C1)[NH+]1CCC(Cc2ccccc2)CC1. The average Bonchev–Trinajstić information content (AvgIpc) is 2.73. The molecule has 1 N–H and O–H groups in total. The molecule has 1 fully saturated rings. The second kappa shape index (κ2) is 8.26. The lowest BCUT2D eigenvalue weighted by atomic mass is 9.89. The molecule has 2 aromatic rings. The normalized spacial score (nSPS) is 23.5. The smallest absolute Gasteiger partial charge is 0.280 e. The van der Waals surface area contributed by atoms with Gasteiger partial charge in [-0.1, -0.05) is 54.6 Å². The zero-order valence-corrected chi connectivity index (χ0v) is 16.4. The van der Waals surface area contributed by atoms with Crippen molar-refractivity contribution in [2.45, 2.75) is 45.2 Å². The van der Waals surface area contributed by atoms with Gasteiger partial charge in [-0.15, -0.1) is 0 Å². The lowest BCUT2D eigenvalue weighted by Gasteiger charge is -2.36. The summed E-state index contributed by atoms with van der Waals surface area (Å²) in [7, 11) is 0. The van der Waals surface area contributed by atoms with Gasteiger partial charge in [0, 0.05) is 13.1 Å². The van der Waals surface area contributed by atoms with Crippen molar-refractivity contribution in [3.8, 4) is 0 Å². The van der Waals surface area contributed by atoms with Crippen molar-refractivity contribution < 1.29 is 9.69 Å². The topological polar surface area (TPSA) is 24.8 Å². The molecule has 0 spiro atoms. The minimum Gasteiger partial charge on any atom is -0.333 e. The van der Waals surface area contributed by atoms with Gasteiger partial charge in [0.25, 0.3) is 5.91 Å². The van der Waals surface area contributed by atoms with Gasteiger partial charge in [-0.05, 0) is 55.2 Å². The van der Waals surface area contributed by atoms with Crippen molar-refractivity contribution in [2.24, 2.45) is 5.92 Å². The van der Waals surface area contributed by atoms with Crippen LogP contribution in [-0.2, 0) is 24.2 Å². The van der Waals surface area contributed by atoms with Crippen LogP contribution in [0.15, 0.2) is 54.6 Å². The highest BCUT2D eigenvalue weighted by Crippen LogP contribution is 2.20. The van der Waals surface area contributed by atoms with Crippen molar-refractivity contribution in [1.29, 1.82) is 0 Å². The number of carbonyl (C=O) groups is 1. The number of hydrogen-bond acceptors (Lipinski definition) is 1. The molecule has 3 nitrogen and oxygen atoms in total. The molecular weight excluding hydrogens is 332 g/mol. The van der Waals surface area contributed by atoms with Gasteiger partial charge in [0.1, 0.15) is 0 Å². The summed E-state index contributed by atoms with van der Waals surface area (Å²) in [5, 5.41) is 0. The summed E-state index contributed by atoms with van der Waals surface area (Å²) in [5.41, 5.74) is 4.17. The maximum absolute atomic E-state index is 13.1. The summed E-state index contributed by atoms with van der Waals surface area (Å²) in [6, 6.07) is 19.4. The Balaban J connectivity index is 1.30. The lowest BCUT2D eigenvalue weighted by molar-refractivity contribution is -0.920. The largest absolute Gasteiger partial charge is 0.333 e. The summed E-state index contributed by atoms with van der Waals surface area (Å²) in [6.07, 6.45) is 4.62. The van der Waals surface area contributed by atoms with E-state index >= 15 is 0 Å². The summed E-state index contributed by atoms with van der Waals surface area (Å²) in [6.45, 7) is 6.02. The van der Waals surface area contributed by atoms with Gasteiger partial charge in [-0.2, -0.15) is 0 Å². The van der Waals surface area contributed by atoms with Gasteiger partial charge < -0.3 is 9.80 Å². The second-order valence-corrected chi connectivity index (χ2v) is 8.29. The van der Waals surface area contributed by atoms with E-state index in [0.717, 1.165) is 38.5 Å². The third-order valence-electron chi connectivity index (χ3n) is 6.54. The Morgan fingerprint density at radius 3 is 2.44 bits per heavy atom. The summed E-state index contributed by atoms with van der Waals surface area (Å²) >= 11 is 0. The molecule has 2 heterocycles. The molecule has 27 heavy (non-hydrogen) atoms. The van der Waals surface area contributed by atoms with Crippen LogP contribution in [0.4, 0.5) is 0 Å². The van der Waals surface area contributed by atoms with Crippen LogP contribution in [0, 0.1) is 5.92 Å². The third kappa shape index (κ3) is 4.24. The molecule has 0 saturated carbocycles. The molecule has 4 rings (SSSR count). The molecule has 0 aliphatic carbocycles. The van der Waals surface area contributed by atoms with Crippen LogP contribution in [0.2, 0.25) is 0 Å². The van der Waals surface area contributed by atoms with E-state index in [1.807, 2.05) is 0 Å². The Labute approximate surface area is 163 Å². The minimum atomic E-state index is 0.0768. The number of nitrogens with one attached hydrogen (secondary N) is 1. The molecule has 142 valence electrons. The van der Waals surface area contributed by atoms with Crippen LogP contribution < -0.4 is 4.90 Å². The number of piperidine rings is 1. The van der Waals surface area contributed by atoms with Crippen LogP contribution in [0.3, 0.4) is 0 Å². The Bertz CT molecular complexity index is 765. The number of amides is 1. The third-order valence-corrected chi connectivity index (χ3v) is 6.54. The number of benzene rings is 2. The average molecular weight is 364 g/mol. The molecule has 2 aliphatic rings. The Hall–Kier alpha value is -2.13. The maximum atomic E-state index is 13.1. The van der Waals surface area contributed by atoms with Gasteiger partial charge in [-0.25, -0.2) is 0 Å². The molecule has 1 atom stereocenters. The van der Waals surface area contributed by atoms with Crippen LogP contribution in [0.25, 0.3) is 0 Å². The second-order valence-electron chi connectivity index (χ2n) is 8.29. The quantitative estimate of drug-likeness (QED) is 0.887. The van der Waals surface area contributed by atoms with E-state index in [2.05, 4.69) is 66.4 Å². The zero-order valence-electron chi connectivity index (χ0n) is 16.4. The lowest BCUT2D eigenvalue weighted by Crippen LogP contribution is -3.17. The fourth-order valence-corrected chi connectivity index (χ4v) is 4.77. The molecule has 0 aromatic heterocycles. The Morgan fingerprint density at radius 1 is 1.04 bits per heavy atom. The van der Waals surface area contributed by atoms with Crippen molar-refractivity contribution in [3.05, 3.63) is 71.3 Å². The molecular formula is C24H31N2O+. The first-order valence-electron chi connectivity index (χ1n) is 10.4. The Kier molecular flexibility index (Phi) is 5.58. The number of fused-ring (bicyclic) bond motifs is 1. The van der Waals surface area contributed by atoms with Gasteiger partial charge in [0.15, 0.2) is 6.04 Å². The summed E-state index contributed by atoms with van der Waals surface area (Å²) < 4.78 is 0. The Morgan fingerprint density at radius 2 is 1.70 bits per heavy atom. The number of hydrogen-bond donors (Lipinski definition) is 1. The van der Waals surface area contributed by atoms with Crippen molar-refractivity contribution in [1.82, 2.24) is 4.90 Å². The van der Waals surface area contributed by atoms with E-state index in [4.69, 9.17) is 0 Å². The van der Waals surface area contributed by atoms with Gasteiger partial charge in [0.2, 0.25) is 0 Å². The summed E-state index contributed by atoms with van der Waals surface area (Å²) in [4.78, 5) is 16.6. The van der Waals surface area contributed by atoms with Crippen molar-refractivity contribution in [3.63, 3.8) is 0 Å².